The lowest BCUT2D eigenvalue weighted by molar-refractivity contribution is 0.600. The molecule has 1 heterocycles. The summed E-state index contributed by atoms with van der Waals surface area (Å²) in [6, 6.07) is 8.62. The Morgan fingerprint density at radius 1 is 1.09 bits per heavy atom. The SMILES string of the molecule is Cc1nc2cc(NS(=O)(=O)c3cc(C)c(Cl)cc3C)ccc2s1. The molecule has 0 saturated heterocycles. The summed E-state index contributed by atoms with van der Waals surface area (Å²) in [6.45, 7) is 5.44. The molecule has 0 aliphatic carbocycles. The monoisotopic (exact) mass is 366 g/mol. The van der Waals surface area contributed by atoms with Crippen molar-refractivity contribution in [2.45, 2.75) is 25.7 Å². The van der Waals surface area contributed by atoms with Crippen molar-refractivity contribution in [1.82, 2.24) is 4.98 Å². The first kappa shape index (κ1) is 16.2. The highest BCUT2D eigenvalue weighted by atomic mass is 35.5. The largest absolute Gasteiger partial charge is 0.280 e. The van der Waals surface area contributed by atoms with Crippen LogP contribution in [-0.2, 0) is 10.0 Å². The molecule has 0 unspecified atom stereocenters. The molecular weight excluding hydrogens is 352 g/mol. The third-order valence-electron chi connectivity index (χ3n) is 3.49. The Labute approximate surface area is 144 Å². The minimum absolute atomic E-state index is 0.231. The Kier molecular flexibility index (Phi) is 4.08. The maximum atomic E-state index is 12.7. The zero-order valence-corrected chi connectivity index (χ0v) is 15.2. The molecule has 0 atom stereocenters. The number of nitrogens with one attached hydrogen (secondary N) is 1. The fraction of sp³-hybridized carbons (Fsp3) is 0.188. The van der Waals surface area contributed by atoms with Gasteiger partial charge in [0.1, 0.15) is 0 Å². The molecule has 0 radical (unpaired) electrons. The molecule has 3 rings (SSSR count). The van der Waals surface area contributed by atoms with E-state index in [9.17, 15) is 8.42 Å². The van der Waals surface area contributed by atoms with Crippen LogP contribution in [0.4, 0.5) is 5.69 Å². The molecular formula is C16H15ClN2O2S2. The smallest absolute Gasteiger partial charge is 0.262 e. The van der Waals surface area contributed by atoms with Gasteiger partial charge in [-0.2, -0.15) is 0 Å². The minimum atomic E-state index is -3.68. The van der Waals surface area contributed by atoms with Gasteiger partial charge in [-0.05, 0) is 62.2 Å². The lowest BCUT2D eigenvalue weighted by Crippen LogP contribution is -2.14. The summed E-state index contributed by atoms with van der Waals surface area (Å²) in [6.07, 6.45) is 0. The summed E-state index contributed by atoms with van der Waals surface area (Å²) in [5.74, 6) is 0. The number of rotatable bonds is 3. The highest BCUT2D eigenvalue weighted by Crippen LogP contribution is 2.28. The second kappa shape index (κ2) is 5.78. The number of hydrogen-bond donors (Lipinski definition) is 1. The summed E-state index contributed by atoms with van der Waals surface area (Å²) in [5.41, 5.74) is 2.62. The molecule has 0 aliphatic heterocycles. The lowest BCUT2D eigenvalue weighted by atomic mass is 10.2. The standard InChI is InChI=1S/C16H15ClN2O2S2/c1-9-7-16(10(2)6-13(9)17)23(20,21)19-12-4-5-15-14(8-12)18-11(3)22-15/h4-8,19H,1-3H3. The van der Waals surface area contributed by atoms with E-state index in [2.05, 4.69) is 9.71 Å². The third kappa shape index (κ3) is 3.20. The van der Waals surface area contributed by atoms with E-state index in [0.29, 0.717) is 16.3 Å². The lowest BCUT2D eigenvalue weighted by Gasteiger charge is -2.12. The molecule has 2 aromatic carbocycles. The Morgan fingerprint density at radius 2 is 1.83 bits per heavy atom. The highest BCUT2D eigenvalue weighted by molar-refractivity contribution is 7.92. The van der Waals surface area contributed by atoms with Gasteiger partial charge in [0.05, 0.1) is 25.8 Å². The number of fused-ring (bicyclic) bond motifs is 1. The van der Waals surface area contributed by atoms with Gasteiger partial charge >= 0.3 is 0 Å². The maximum absolute atomic E-state index is 12.7. The summed E-state index contributed by atoms with van der Waals surface area (Å²) in [7, 11) is -3.68. The van der Waals surface area contributed by atoms with Gasteiger partial charge < -0.3 is 0 Å². The molecule has 7 heteroatoms. The van der Waals surface area contributed by atoms with Crippen LogP contribution in [-0.4, -0.2) is 13.4 Å². The number of halogens is 1. The third-order valence-corrected chi connectivity index (χ3v) is 6.37. The van der Waals surface area contributed by atoms with E-state index < -0.39 is 10.0 Å². The highest BCUT2D eigenvalue weighted by Gasteiger charge is 2.18. The molecule has 0 saturated carbocycles. The van der Waals surface area contributed by atoms with E-state index >= 15 is 0 Å². The van der Waals surface area contributed by atoms with E-state index in [1.807, 2.05) is 13.0 Å². The zero-order chi connectivity index (χ0) is 16.8. The van der Waals surface area contributed by atoms with E-state index in [1.165, 1.54) is 0 Å². The molecule has 1 N–H and O–H groups in total. The molecule has 0 bridgehead atoms. The van der Waals surface area contributed by atoms with Crippen LogP contribution in [0.3, 0.4) is 0 Å². The van der Waals surface area contributed by atoms with E-state index in [-0.39, 0.29) is 4.90 Å². The van der Waals surface area contributed by atoms with Crippen molar-refractivity contribution in [1.29, 1.82) is 0 Å². The average Bonchev–Trinajstić information content (AvgIpc) is 2.81. The summed E-state index contributed by atoms with van der Waals surface area (Å²) in [5, 5.41) is 1.50. The Bertz CT molecular complexity index is 1010. The topological polar surface area (TPSA) is 59.1 Å². The van der Waals surface area contributed by atoms with Crippen LogP contribution in [0.15, 0.2) is 35.2 Å². The molecule has 0 aliphatic rings. The quantitative estimate of drug-likeness (QED) is 0.732. The predicted molar refractivity (Wildman–Crippen MR) is 96.1 cm³/mol. The molecule has 0 fully saturated rings. The first-order valence-electron chi connectivity index (χ1n) is 6.93. The molecule has 120 valence electrons. The van der Waals surface area contributed by atoms with Gasteiger partial charge in [-0.3, -0.25) is 4.72 Å². The van der Waals surface area contributed by atoms with Crippen LogP contribution in [0.25, 0.3) is 10.2 Å². The van der Waals surface area contributed by atoms with Gasteiger partial charge in [-0.15, -0.1) is 11.3 Å². The van der Waals surface area contributed by atoms with Crippen LogP contribution >= 0.6 is 22.9 Å². The predicted octanol–water partition coefficient (Wildman–Crippen LogP) is 4.68. The summed E-state index contributed by atoms with van der Waals surface area (Å²) < 4.78 is 29.0. The minimum Gasteiger partial charge on any atom is -0.280 e. The number of nitrogens with zero attached hydrogens (tertiary/aromatic N) is 1. The van der Waals surface area contributed by atoms with Crippen molar-refractivity contribution in [3.63, 3.8) is 0 Å². The van der Waals surface area contributed by atoms with Gasteiger partial charge in [-0.25, -0.2) is 13.4 Å². The van der Waals surface area contributed by atoms with Gasteiger partial charge in [0.15, 0.2) is 0 Å². The number of benzene rings is 2. The van der Waals surface area contributed by atoms with Crippen LogP contribution in [0.5, 0.6) is 0 Å². The number of aryl methyl sites for hydroxylation is 3. The average molecular weight is 367 g/mol. The van der Waals surface area contributed by atoms with Crippen LogP contribution < -0.4 is 4.72 Å². The fourth-order valence-corrected chi connectivity index (χ4v) is 4.75. The van der Waals surface area contributed by atoms with Crippen molar-refractivity contribution in [2.24, 2.45) is 0 Å². The Hall–Kier alpha value is -1.63. The van der Waals surface area contributed by atoms with Crippen molar-refractivity contribution in [3.05, 3.63) is 51.5 Å². The number of hydrogen-bond acceptors (Lipinski definition) is 4. The Morgan fingerprint density at radius 3 is 2.57 bits per heavy atom. The van der Waals surface area contributed by atoms with Crippen LogP contribution in [0.2, 0.25) is 5.02 Å². The van der Waals surface area contributed by atoms with Gasteiger partial charge in [0.25, 0.3) is 10.0 Å². The second-order valence-electron chi connectivity index (χ2n) is 5.39. The first-order valence-corrected chi connectivity index (χ1v) is 9.61. The molecule has 1 aromatic heterocycles. The number of aromatic nitrogens is 1. The van der Waals surface area contributed by atoms with E-state index in [1.54, 1.807) is 49.4 Å². The summed E-state index contributed by atoms with van der Waals surface area (Å²) in [4.78, 5) is 4.62. The van der Waals surface area contributed by atoms with Gasteiger partial charge in [0.2, 0.25) is 0 Å². The molecule has 3 aromatic rings. The van der Waals surface area contributed by atoms with E-state index in [0.717, 1.165) is 20.8 Å². The van der Waals surface area contributed by atoms with Crippen LogP contribution in [0, 0.1) is 20.8 Å². The van der Waals surface area contributed by atoms with E-state index in [4.69, 9.17) is 11.6 Å². The summed E-state index contributed by atoms with van der Waals surface area (Å²) >= 11 is 7.62. The zero-order valence-electron chi connectivity index (χ0n) is 12.8. The normalized spacial score (nSPS) is 11.8. The molecule has 0 spiro atoms. The molecule has 0 amide bonds. The van der Waals surface area contributed by atoms with Gasteiger partial charge in [0, 0.05) is 5.02 Å². The molecule has 4 nitrogen and oxygen atoms in total. The fourth-order valence-electron chi connectivity index (χ4n) is 2.36. The van der Waals surface area contributed by atoms with Crippen molar-refractivity contribution in [3.8, 4) is 0 Å². The van der Waals surface area contributed by atoms with Crippen molar-refractivity contribution < 1.29 is 8.42 Å². The van der Waals surface area contributed by atoms with Crippen LogP contribution in [0.1, 0.15) is 16.1 Å². The number of sulfonamides is 1. The maximum Gasteiger partial charge on any atom is 0.262 e. The van der Waals surface area contributed by atoms with Gasteiger partial charge in [-0.1, -0.05) is 11.6 Å². The number of thiazole rings is 1. The molecule has 23 heavy (non-hydrogen) atoms. The van der Waals surface area contributed by atoms with Crippen molar-refractivity contribution >= 4 is 48.9 Å². The number of anilines is 1. The second-order valence-corrected chi connectivity index (χ2v) is 8.68. The first-order chi connectivity index (χ1) is 10.8. The Balaban J connectivity index is 2.01. The van der Waals surface area contributed by atoms with Crippen molar-refractivity contribution in [2.75, 3.05) is 4.72 Å².